The zero-order chi connectivity index (χ0) is 43.2. The number of carbonyl (C=O) groups is 7. The SMILES string of the molecule is O=C(O)CCN(CCOC(=O)CCCCC(=O)OCCOC(=O)CCN(CCO)CCO)CCOC(=O)CCCCC(=O)OCCOC(=O)CCN(CCO)CCO. The normalized spacial score (nSPS) is 11.1. The molecule has 0 aliphatic carbocycles. The van der Waals surface area contributed by atoms with Gasteiger partial charge in [-0.1, -0.05) is 0 Å². The molecule has 0 heterocycles. The van der Waals surface area contributed by atoms with Crippen LogP contribution in [-0.4, -0.2) is 207 Å². The molecule has 0 aromatic rings. The van der Waals surface area contributed by atoms with Crippen molar-refractivity contribution in [2.24, 2.45) is 0 Å². The lowest BCUT2D eigenvalue weighted by atomic mass is 10.2. The van der Waals surface area contributed by atoms with Gasteiger partial charge in [-0.15, -0.1) is 0 Å². The van der Waals surface area contributed by atoms with Crippen LogP contribution in [0.1, 0.15) is 70.6 Å². The minimum absolute atomic E-state index is 0.0256. The van der Waals surface area contributed by atoms with Crippen molar-refractivity contribution < 1.29 is 87.5 Å². The lowest BCUT2D eigenvalue weighted by Gasteiger charge is -2.21. The van der Waals surface area contributed by atoms with E-state index in [2.05, 4.69) is 0 Å². The fourth-order valence-electron chi connectivity index (χ4n) is 5.03. The number of carboxylic acids is 1. The second-order valence-electron chi connectivity index (χ2n) is 12.8. The predicted molar refractivity (Wildman–Crippen MR) is 202 cm³/mol. The van der Waals surface area contributed by atoms with Crippen LogP contribution >= 0.6 is 0 Å². The van der Waals surface area contributed by atoms with Gasteiger partial charge in [-0.25, -0.2) is 0 Å². The van der Waals surface area contributed by atoms with E-state index in [4.69, 9.17) is 54.0 Å². The summed E-state index contributed by atoms with van der Waals surface area (Å²) in [6, 6.07) is 0. The van der Waals surface area contributed by atoms with Gasteiger partial charge in [-0.05, 0) is 25.7 Å². The Morgan fingerprint density at radius 2 is 0.552 bits per heavy atom. The van der Waals surface area contributed by atoms with Gasteiger partial charge >= 0.3 is 41.8 Å². The molecule has 0 fully saturated rings. The molecule has 0 aliphatic rings. The summed E-state index contributed by atoms with van der Waals surface area (Å²) in [5, 5.41) is 45.1. The maximum Gasteiger partial charge on any atom is 0.307 e. The third-order valence-corrected chi connectivity index (χ3v) is 8.15. The summed E-state index contributed by atoms with van der Waals surface area (Å²) in [4.78, 5) is 88.0. The van der Waals surface area contributed by atoms with Gasteiger partial charge in [0.05, 0.1) is 45.7 Å². The molecular weight excluding hydrogens is 774 g/mol. The molecule has 0 rings (SSSR count). The van der Waals surface area contributed by atoms with Crippen LogP contribution in [0.4, 0.5) is 0 Å². The van der Waals surface area contributed by atoms with E-state index in [0.717, 1.165) is 0 Å². The molecule has 336 valence electrons. The Kier molecular flexibility index (Phi) is 34.7. The average Bonchev–Trinajstić information content (AvgIpc) is 3.18. The van der Waals surface area contributed by atoms with Crippen molar-refractivity contribution in [1.82, 2.24) is 14.7 Å². The van der Waals surface area contributed by atoms with Crippen molar-refractivity contribution in [3.63, 3.8) is 0 Å². The van der Waals surface area contributed by atoms with Crippen LogP contribution in [0, 0.1) is 0 Å². The number of hydrogen-bond donors (Lipinski definition) is 5. The molecule has 0 radical (unpaired) electrons. The first kappa shape index (κ1) is 54.0. The van der Waals surface area contributed by atoms with Gasteiger partial charge < -0.3 is 54.0 Å². The fourth-order valence-corrected chi connectivity index (χ4v) is 5.03. The summed E-state index contributed by atoms with van der Waals surface area (Å²) in [6.07, 6.45) is 1.58. The fraction of sp³-hybridized carbons (Fsp3) is 0.811. The first-order valence-corrected chi connectivity index (χ1v) is 19.7. The number of aliphatic hydroxyl groups is 4. The van der Waals surface area contributed by atoms with Crippen LogP contribution in [0.5, 0.6) is 0 Å². The zero-order valence-corrected chi connectivity index (χ0v) is 33.6. The first-order valence-electron chi connectivity index (χ1n) is 19.7. The van der Waals surface area contributed by atoms with E-state index in [1.54, 1.807) is 14.7 Å². The Labute approximate surface area is 339 Å². The molecule has 0 aliphatic heterocycles. The maximum atomic E-state index is 12.2. The third-order valence-electron chi connectivity index (χ3n) is 8.15. The second kappa shape index (κ2) is 37.3. The molecule has 0 spiro atoms. The van der Waals surface area contributed by atoms with Crippen LogP contribution in [0.25, 0.3) is 0 Å². The van der Waals surface area contributed by atoms with Gasteiger partial charge in [0, 0.05) is 84.6 Å². The van der Waals surface area contributed by atoms with Gasteiger partial charge in [0.2, 0.25) is 0 Å². The highest BCUT2D eigenvalue weighted by molar-refractivity contribution is 5.72. The summed E-state index contributed by atoms with van der Waals surface area (Å²) >= 11 is 0. The van der Waals surface area contributed by atoms with E-state index in [0.29, 0.717) is 65.0 Å². The van der Waals surface area contributed by atoms with E-state index in [9.17, 15) is 33.6 Å². The molecule has 0 unspecified atom stereocenters. The highest BCUT2D eigenvalue weighted by Crippen LogP contribution is 2.06. The summed E-state index contributed by atoms with van der Waals surface area (Å²) in [6.45, 7) is 1.52. The molecule has 21 heteroatoms. The van der Waals surface area contributed by atoms with Crippen molar-refractivity contribution >= 4 is 41.8 Å². The van der Waals surface area contributed by atoms with Gasteiger partial charge in [0.1, 0.15) is 39.6 Å². The summed E-state index contributed by atoms with van der Waals surface area (Å²) in [7, 11) is 0. The molecular formula is C37H65N3O18. The Bertz CT molecular complexity index is 1070. The second-order valence-corrected chi connectivity index (χ2v) is 12.8. The maximum absolute atomic E-state index is 12.2. The summed E-state index contributed by atoms with van der Waals surface area (Å²) < 4.78 is 30.5. The Morgan fingerprint density at radius 1 is 0.310 bits per heavy atom. The lowest BCUT2D eigenvalue weighted by Crippen LogP contribution is -2.34. The Balaban J connectivity index is 4.09. The van der Waals surface area contributed by atoms with Crippen molar-refractivity contribution in [2.75, 3.05) is 125 Å². The summed E-state index contributed by atoms with van der Waals surface area (Å²) in [5.41, 5.74) is 0. The molecule has 0 aromatic carbocycles. The van der Waals surface area contributed by atoms with E-state index in [1.807, 2.05) is 0 Å². The molecule has 0 saturated heterocycles. The first-order chi connectivity index (χ1) is 27.9. The zero-order valence-electron chi connectivity index (χ0n) is 33.6. The molecule has 0 atom stereocenters. The van der Waals surface area contributed by atoms with Crippen molar-refractivity contribution in [1.29, 1.82) is 0 Å². The van der Waals surface area contributed by atoms with E-state index >= 15 is 0 Å². The molecule has 0 aromatic heterocycles. The number of carboxylic acid groups (broad SMARTS) is 1. The largest absolute Gasteiger partial charge is 0.481 e. The monoisotopic (exact) mass is 839 g/mol. The van der Waals surface area contributed by atoms with Crippen molar-refractivity contribution in [2.45, 2.75) is 70.6 Å². The third kappa shape index (κ3) is 34.1. The van der Waals surface area contributed by atoms with Gasteiger partial charge in [0.15, 0.2) is 0 Å². The molecule has 21 nitrogen and oxygen atoms in total. The van der Waals surface area contributed by atoms with Crippen molar-refractivity contribution in [3.8, 4) is 0 Å². The number of ether oxygens (including phenoxy) is 6. The van der Waals surface area contributed by atoms with Crippen LogP contribution in [0.15, 0.2) is 0 Å². The van der Waals surface area contributed by atoms with Gasteiger partial charge in [-0.2, -0.15) is 0 Å². The quantitative estimate of drug-likeness (QED) is 0.0267. The van der Waals surface area contributed by atoms with Gasteiger partial charge in [-0.3, -0.25) is 48.3 Å². The van der Waals surface area contributed by atoms with E-state index in [-0.39, 0.29) is 131 Å². The molecule has 0 amide bonds. The summed E-state index contributed by atoms with van der Waals surface area (Å²) in [5.74, 6) is -4.04. The van der Waals surface area contributed by atoms with Crippen LogP contribution in [0.3, 0.4) is 0 Å². The molecule has 5 N–H and O–H groups in total. The van der Waals surface area contributed by atoms with Crippen LogP contribution in [-0.2, 0) is 62.0 Å². The highest BCUT2D eigenvalue weighted by atomic mass is 16.6. The predicted octanol–water partition coefficient (Wildman–Crippen LogP) is -1.50. The smallest absolute Gasteiger partial charge is 0.307 e. The molecule has 0 saturated carbocycles. The standard InChI is InChI=1S/C37H65N3O18/c41-21-15-38(16-22-42)13-10-36(51)57-29-27-55-34(49)7-3-1-5-32(47)53-25-19-40(12-9-31(45)46)20-26-54-33(48)6-2-4-8-35(50)56-28-30-58-37(52)11-14-39(17-23-43)18-24-44/h41-44H,1-30H2,(H,45,46). The highest BCUT2D eigenvalue weighted by Gasteiger charge is 2.14. The van der Waals surface area contributed by atoms with Gasteiger partial charge in [0.25, 0.3) is 0 Å². The number of rotatable bonds is 39. The number of esters is 6. The Morgan fingerprint density at radius 3 is 0.828 bits per heavy atom. The van der Waals surface area contributed by atoms with Crippen LogP contribution in [0.2, 0.25) is 0 Å². The number of hydrogen-bond acceptors (Lipinski definition) is 20. The average molecular weight is 840 g/mol. The van der Waals surface area contributed by atoms with E-state index in [1.165, 1.54) is 0 Å². The molecule has 0 bridgehead atoms. The lowest BCUT2D eigenvalue weighted by molar-refractivity contribution is -0.152. The minimum atomic E-state index is -1.02. The number of nitrogens with zero attached hydrogens (tertiary/aromatic N) is 3. The molecule has 58 heavy (non-hydrogen) atoms. The van der Waals surface area contributed by atoms with Crippen molar-refractivity contribution in [3.05, 3.63) is 0 Å². The number of unbranched alkanes of at least 4 members (excludes halogenated alkanes) is 2. The Hall–Kier alpha value is -3.99. The minimum Gasteiger partial charge on any atom is -0.481 e. The number of aliphatic hydroxyl groups excluding tert-OH is 4. The number of carbonyl (C=O) groups excluding carboxylic acids is 6. The van der Waals surface area contributed by atoms with E-state index < -0.39 is 41.8 Å². The topological polar surface area (TPSA) is 286 Å². The number of aliphatic carboxylic acids is 1. The van der Waals surface area contributed by atoms with Crippen LogP contribution < -0.4 is 0 Å².